The van der Waals surface area contributed by atoms with E-state index in [1.54, 1.807) is 6.20 Å². The molecular weight excluding hydrogens is 242 g/mol. The molecule has 0 saturated heterocycles. The highest BCUT2D eigenvalue weighted by molar-refractivity contribution is 5.25. The summed E-state index contributed by atoms with van der Waals surface area (Å²) in [4.78, 5) is 4.17. The SMILES string of the molecule is Cc1ncccc1OCc1cc(CNC2CC2)no1. The number of aryl methyl sites for hydroxylation is 1. The molecule has 0 radical (unpaired) electrons. The Morgan fingerprint density at radius 2 is 2.37 bits per heavy atom. The Kier molecular flexibility index (Phi) is 3.46. The first-order chi connectivity index (χ1) is 9.31. The van der Waals surface area contributed by atoms with Crippen molar-refractivity contribution in [1.29, 1.82) is 0 Å². The summed E-state index contributed by atoms with van der Waals surface area (Å²) >= 11 is 0. The van der Waals surface area contributed by atoms with Gasteiger partial charge in [0.05, 0.1) is 11.4 Å². The number of hydrogen-bond acceptors (Lipinski definition) is 5. The third-order valence-corrected chi connectivity index (χ3v) is 3.09. The number of ether oxygens (including phenoxy) is 1. The second-order valence-electron chi connectivity index (χ2n) is 4.82. The van der Waals surface area contributed by atoms with Gasteiger partial charge in [-0.25, -0.2) is 0 Å². The van der Waals surface area contributed by atoms with Gasteiger partial charge in [0.1, 0.15) is 12.4 Å². The Balaban J connectivity index is 1.53. The lowest BCUT2D eigenvalue weighted by Gasteiger charge is -2.05. The van der Waals surface area contributed by atoms with Crippen molar-refractivity contribution >= 4 is 0 Å². The predicted molar refractivity (Wildman–Crippen MR) is 69.7 cm³/mol. The van der Waals surface area contributed by atoms with Crippen molar-refractivity contribution < 1.29 is 9.26 Å². The zero-order valence-electron chi connectivity index (χ0n) is 10.9. The normalized spacial score (nSPS) is 14.6. The molecule has 5 nitrogen and oxygen atoms in total. The first kappa shape index (κ1) is 12.2. The lowest BCUT2D eigenvalue weighted by Crippen LogP contribution is -2.15. The van der Waals surface area contributed by atoms with Gasteiger partial charge < -0.3 is 14.6 Å². The first-order valence-corrected chi connectivity index (χ1v) is 6.53. The van der Waals surface area contributed by atoms with Crippen molar-refractivity contribution in [3.63, 3.8) is 0 Å². The number of rotatable bonds is 6. The molecule has 0 aliphatic heterocycles. The molecule has 0 aromatic carbocycles. The largest absolute Gasteiger partial charge is 0.484 e. The van der Waals surface area contributed by atoms with Gasteiger partial charge in [0, 0.05) is 24.8 Å². The summed E-state index contributed by atoms with van der Waals surface area (Å²) in [6.45, 7) is 3.06. The summed E-state index contributed by atoms with van der Waals surface area (Å²) in [5, 5.41) is 7.41. The molecule has 0 bridgehead atoms. The Morgan fingerprint density at radius 3 is 3.16 bits per heavy atom. The van der Waals surface area contributed by atoms with E-state index in [-0.39, 0.29) is 0 Å². The molecule has 0 atom stereocenters. The molecule has 1 fully saturated rings. The summed E-state index contributed by atoms with van der Waals surface area (Å²) in [6.07, 6.45) is 4.29. The summed E-state index contributed by atoms with van der Waals surface area (Å²) < 4.78 is 10.9. The van der Waals surface area contributed by atoms with Crippen molar-refractivity contribution in [2.45, 2.75) is 39.0 Å². The minimum absolute atomic E-state index is 0.378. The van der Waals surface area contributed by atoms with E-state index in [1.807, 2.05) is 25.1 Å². The van der Waals surface area contributed by atoms with Gasteiger partial charge in [0.2, 0.25) is 0 Å². The lowest BCUT2D eigenvalue weighted by molar-refractivity contribution is 0.246. The van der Waals surface area contributed by atoms with Crippen LogP contribution in [0.4, 0.5) is 0 Å². The summed E-state index contributed by atoms with van der Waals surface area (Å²) in [6, 6.07) is 6.36. The predicted octanol–water partition coefficient (Wildman–Crippen LogP) is 2.21. The van der Waals surface area contributed by atoms with Crippen LogP contribution >= 0.6 is 0 Å². The molecule has 0 unspecified atom stereocenters. The molecule has 1 aliphatic rings. The lowest BCUT2D eigenvalue weighted by atomic mass is 10.3. The molecule has 3 rings (SSSR count). The fourth-order valence-electron chi connectivity index (χ4n) is 1.81. The van der Waals surface area contributed by atoms with Crippen molar-refractivity contribution in [1.82, 2.24) is 15.5 Å². The highest BCUT2D eigenvalue weighted by atomic mass is 16.5. The van der Waals surface area contributed by atoms with Crippen LogP contribution in [0, 0.1) is 6.92 Å². The molecule has 2 heterocycles. The molecule has 2 aromatic rings. The molecule has 1 N–H and O–H groups in total. The van der Waals surface area contributed by atoms with E-state index in [9.17, 15) is 0 Å². The summed E-state index contributed by atoms with van der Waals surface area (Å²) in [7, 11) is 0. The number of pyridine rings is 1. The highest BCUT2D eigenvalue weighted by Crippen LogP contribution is 2.19. The van der Waals surface area contributed by atoms with Gasteiger partial charge in [-0.2, -0.15) is 0 Å². The first-order valence-electron chi connectivity index (χ1n) is 6.53. The second-order valence-corrected chi connectivity index (χ2v) is 4.82. The van der Waals surface area contributed by atoms with Gasteiger partial charge in [-0.05, 0) is 31.9 Å². The molecule has 5 heteroatoms. The zero-order chi connectivity index (χ0) is 13.1. The molecule has 0 spiro atoms. The van der Waals surface area contributed by atoms with Gasteiger partial charge in [0.15, 0.2) is 5.76 Å². The van der Waals surface area contributed by atoms with Crippen LogP contribution in [0.5, 0.6) is 5.75 Å². The number of aromatic nitrogens is 2. The molecule has 19 heavy (non-hydrogen) atoms. The van der Waals surface area contributed by atoms with Crippen LogP contribution in [0.2, 0.25) is 0 Å². The monoisotopic (exact) mass is 259 g/mol. The number of hydrogen-bond donors (Lipinski definition) is 1. The standard InChI is InChI=1S/C14H17N3O2/c1-10-14(3-2-6-15-10)18-9-13-7-12(17-19-13)8-16-11-4-5-11/h2-3,6-7,11,16H,4-5,8-9H2,1H3. The van der Waals surface area contributed by atoms with Crippen LogP contribution in [0.15, 0.2) is 28.9 Å². The maximum absolute atomic E-state index is 5.66. The van der Waals surface area contributed by atoms with E-state index in [4.69, 9.17) is 9.26 Å². The summed E-state index contributed by atoms with van der Waals surface area (Å²) in [5.74, 6) is 1.51. The van der Waals surface area contributed by atoms with Crippen LogP contribution in [-0.4, -0.2) is 16.2 Å². The molecule has 1 saturated carbocycles. The van der Waals surface area contributed by atoms with Crippen molar-refractivity contribution in [3.8, 4) is 5.75 Å². The Labute approximate surface area is 112 Å². The quantitative estimate of drug-likeness (QED) is 0.861. The second kappa shape index (κ2) is 5.40. The van der Waals surface area contributed by atoms with Crippen LogP contribution < -0.4 is 10.1 Å². The fourth-order valence-corrected chi connectivity index (χ4v) is 1.81. The Morgan fingerprint density at radius 1 is 1.47 bits per heavy atom. The van der Waals surface area contributed by atoms with E-state index in [1.165, 1.54) is 12.8 Å². The fraction of sp³-hybridized carbons (Fsp3) is 0.429. The third-order valence-electron chi connectivity index (χ3n) is 3.09. The maximum Gasteiger partial charge on any atom is 0.174 e. The Bertz CT molecular complexity index is 549. The van der Waals surface area contributed by atoms with Crippen molar-refractivity contribution in [2.24, 2.45) is 0 Å². The summed E-state index contributed by atoms with van der Waals surface area (Å²) in [5.41, 5.74) is 1.80. The topological polar surface area (TPSA) is 60.2 Å². The molecule has 2 aromatic heterocycles. The Hall–Kier alpha value is -1.88. The number of nitrogens with zero attached hydrogens (tertiary/aromatic N) is 2. The molecule has 0 amide bonds. The van der Waals surface area contributed by atoms with E-state index in [0.29, 0.717) is 12.6 Å². The van der Waals surface area contributed by atoms with E-state index < -0.39 is 0 Å². The van der Waals surface area contributed by atoms with Gasteiger partial charge >= 0.3 is 0 Å². The van der Waals surface area contributed by atoms with E-state index >= 15 is 0 Å². The van der Waals surface area contributed by atoms with Crippen LogP contribution in [-0.2, 0) is 13.2 Å². The van der Waals surface area contributed by atoms with E-state index in [0.717, 1.165) is 29.4 Å². The maximum atomic E-state index is 5.66. The van der Waals surface area contributed by atoms with Gasteiger partial charge in [-0.1, -0.05) is 5.16 Å². The smallest absolute Gasteiger partial charge is 0.174 e. The molecule has 1 aliphatic carbocycles. The minimum atomic E-state index is 0.378. The average Bonchev–Trinajstić information content (AvgIpc) is 3.14. The minimum Gasteiger partial charge on any atom is -0.484 e. The van der Waals surface area contributed by atoms with Crippen LogP contribution in [0.3, 0.4) is 0 Å². The number of nitrogens with one attached hydrogen (secondary N) is 1. The van der Waals surface area contributed by atoms with E-state index in [2.05, 4.69) is 15.5 Å². The van der Waals surface area contributed by atoms with Crippen molar-refractivity contribution in [2.75, 3.05) is 0 Å². The van der Waals surface area contributed by atoms with Gasteiger partial charge in [-0.15, -0.1) is 0 Å². The highest BCUT2D eigenvalue weighted by Gasteiger charge is 2.20. The van der Waals surface area contributed by atoms with Gasteiger partial charge in [0.25, 0.3) is 0 Å². The van der Waals surface area contributed by atoms with Gasteiger partial charge in [-0.3, -0.25) is 4.98 Å². The average molecular weight is 259 g/mol. The van der Waals surface area contributed by atoms with Crippen molar-refractivity contribution in [3.05, 3.63) is 41.5 Å². The molecule has 100 valence electrons. The van der Waals surface area contributed by atoms with Crippen LogP contribution in [0.25, 0.3) is 0 Å². The third kappa shape index (κ3) is 3.32. The van der Waals surface area contributed by atoms with Crippen LogP contribution in [0.1, 0.15) is 30.0 Å². The zero-order valence-corrected chi connectivity index (χ0v) is 10.9. The molecular formula is C14H17N3O2.